The van der Waals surface area contributed by atoms with Gasteiger partial charge in [-0.2, -0.15) is 0 Å². The monoisotopic (exact) mass is 195 g/mol. The Morgan fingerprint density at radius 3 is 2.29 bits per heavy atom. The zero-order valence-electron chi connectivity index (χ0n) is 9.43. The minimum atomic E-state index is 1.05. The smallest absolute Gasteiger partial charge is 0.00463 e. The van der Waals surface area contributed by atoms with E-state index in [0.29, 0.717) is 0 Å². The van der Waals surface area contributed by atoms with Crippen LogP contribution in [0.2, 0.25) is 0 Å². The maximum atomic E-state index is 3.51. The molecule has 1 nitrogen and oxygen atoms in total. The molecule has 0 spiro atoms. The molecule has 1 N–H and O–H groups in total. The van der Waals surface area contributed by atoms with Gasteiger partial charge in [0.25, 0.3) is 0 Å². The fourth-order valence-electron chi connectivity index (χ4n) is 3.22. The summed E-state index contributed by atoms with van der Waals surface area (Å²) in [5.41, 5.74) is 0. The van der Waals surface area contributed by atoms with Crippen molar-refractivity contribution in [2.24, 2.45) is 11.8 Å². The Hall–Kier alpha value is -0.0400. The quantitative estimate of drug-likeness (QED) is 0.712. The van der Waals surface area contributed by atoms with Crippen LogP contribution >= 0.6 is 0 Å². The van der Waals surface area contributed by atoms with Crippen LogP contribution in [-0.4, -0.2) is 13.1 Å². The molecule has 1 aliphatic carbocycles. The first-order valence-electron chi connectivity index (χ1n) is 6.66. The molecule has 2 aliphatic rings. The maximum absolute atomic E-state index is 3.51. The predicted molar refractivity (Wildman–Crippen MR) is 61.4 cm³/mol. The molecule has 0 radical (unpaired) electrons. The first-order valence-corrected chi connectivity index (χ1v) is 6.66. The van der Waals surface area contributed by atoms with Gasteiger partial charge in [0.2, 0.25) is 0 Å². The van der Waals surface area contributed by atoms with Gasteiger partial charge < -0.3 is 5.32 Å². The minimum absolute atomic E-state index is 1.05. The molecule has 1 atom stereocenters. The number of rotatable bonds is 2. The lowest BCUT2D eigenvalue weighted by Gasteiger charge is -2.25. The Labute approximate surface area is 88.7 Å². The highest BCUT2D eigenvalue weighted by Crippen LogP contribution is 2.31. The molecule has 0 aromatic carbocycles. The van der Waals surface area contributed by atoms with Gasteiger partial charge in [0, 0.05) is 0 Å². The van der Waals surface area contributed by atoms with E-state index in [1.165, 1.54) is 64.5 Å². The Kier molecular flexibility index (Phi) is 4.30. The molecule has 0 bridgehead atoms. The van der Waals surface area contributed by atoms with Crippen LogP contribution in [0.4, 0.5) is 0 Å². The molecule has 1 saturated carbocycles. The summed E-state index contributed by atoms with van der Waals surface area (Å²) in [6.45, 7) is 2.54. The van der Waals surface area contributed by atoms with Gasteiger partial charge in [0.15, 0.2) is 0 Å². The average Bonchev–Trinajstić information content (AvgIpc) is 2.48. The Morgan fingerprint density at radius 2 is 1.43 bits per heavy atom. The predicted octanol–water partition coefficient (Wildman–Crippen LogP) is 3.35. The van der Waals surface area contributed by atoms with Crippen molar-refractivity contribution in [2.45, 2.75) is 57.8 Å². The van der Waals surface area contributed by atoms with Crippen molar-refractivity contribution in [1.82, 2.24) is 5.32 Å². The molecule has 0 amide bonds. The fourth-order valence-corrected chi connectivity index (χ4v) is 3.22. The molecule has 1 saturated heterocycles. The zero-order valence-corrected chi connectivity index (χ0v) is 9.43. The Morgan fingerprint density at radius 1 is 0.714 bits per heavy atom. The summed E-state index contributed by atoms with van der Waals surface area (Å²) in [5, 5.41) is 3.51. The third-order valence-corrected chi connectivity index (χ3v) is 4.09. The van der Waals surface area contributed by atoms with E-state index in [2.05, 4.69) is 5.32 Å². The van der Waals surface area contributed by atoms with Gasteiger partial charge in [-0.05, 0) is 50.6 Å². The van der Waals surface area contributed by atoms with Gasteiger partial charge in [-0.3, -0.25) is 0 Å². The zero-order chi connectivity index (χ0) is 9.64. The summed E-state index contributed by atoms with van der Waals surface area (Å²) >= 11 is 0. The normalized spacial score (nSPS) is 31.3. The molecule has 1 heterocycles. The van der Waals surface area contributed by atoms with E-state index < -0.39 is 0 Å². The van der Waals surface area contributed by atoms with Gasteiger partial charge in [-0.15, -0.1) is 0 Å². The minimum Gasteiger partial charge on any atom is -0.317 e. The van der Waals surface area contributed by atoms with E-state index in [-0.39, 0.29) is 0 Å². The van der Waals surface area contributed by atoms with Gasteiger partial charge in [0.05, 0.1) is 0 Å². The van der Waals surface area contributed by atoms with Gasteiger partial charge >= 0.3 is 0 Å². The summed E-state index contributed by atoms with van der Waals surface area (Å²) in [4.78, 5) is 0. The number of hydrogen-bond donors (Lipinski definition) is 1. The van der Waals surface area contributed by atoms with Gasteiger partial charge in [-0.25, -0.2) is 0 Å². The first kappa shape index (κ1) is 10.5. The molecule has 1 heteroatoms. The second-order valence-electron chi connectivity index (χ2n) is 5.29. The van der Waals surface area contributed by atoms with Crippen molar-refractivity contribution in [2.75, 3.05) is 13.1 Å². The fraction of sp³-hybridized carbons (Fsp3) is 1.00. The number of nitrogens with one attached hydrogen (secondary N) is 1. The van der Waals surface area contributed by atoms with Gasteiger partial charge in [0.1, 0.15) is 0 Å². The summed E-state index contributed by atoms with van der Waals surface area (Å²) in [6.07, 6.45) is 13.5. The summed E-state index contributed by atoms with van der Waals surface area (Å²) in [6, 6.07) is 0. The third-order valence-electron chi connectivity index (χ3n) is 4.09. The first-order chi connectivity index (χ1) is 6.95. The third kappa shape index (κ3) is 3.27. The van der Waals surface area contributed by atoms with E-state index in [9.17, 15) is 0 Å². The van der Waals surface area contributed by atoms with E-state index >= 15 is 0 Å². The van der Waals surface area contributed by atoms with Crippen LogP contribution < -0.4 is 5.32 Å². The maximum Gasteiger partial charge on any atom is -0.00463 e. The topological polar surface area (TPSA) is 12.0 Å². The van der Waals surface area contributed by atoms with Crippen molar-refractivity contribution in [3.05, 3.63) is 0 Å². The van der Waals surface area contributed by atoms with Crippen LogP contribution in [-0.2, 0) is 0 Å². The lowest BCUT2D eigenvalue weighted by atomic mass is 9.81. The van der Waals surface area contributed by atoms with Crippen molar-refractivity contribution >= 4 is 0 Å². The standard InChI is InChI=1S/C13H25N/c1-2-5-12(6-3-1)11-13-7-4-9-14-10-8-13/h12-14H,1-11H2. The molecule has 2 fully saturated rings. The van der Waals surface area contributed by atoms with E-state index in [1.807, 2.05) is 0 Å². The van der Waals surface area contributed by atoms with Crippen LogP contribution in [0.15, 0.2) is 0 Å². The van der Waals surface area contributed by atoms with E-state index in [0.717, 1.165) is 11.8 Å². The summed E-state index contributed by atoms with van der Waals surface area (Å²) < 4.78 is 0. The molecule has 14 heavy (non-hydrogen) atoms. The van der Waals surface area contributed by atoms with Crippen LogP contribution in [0.25, 0.3) is 0 Å². The molecule has 2 rings (SSSR count). The van der Waals surface area contributed by atoms with Crippen molar-refractivity contribution in [3.8, 4) is 0 Å². The molecule has 82 valence electrons. The van der Waals surface area contributed by atoms with Crippen LogP contribution in [0.3, 0.4) is 0 Å². The van der Waals surface area contributed by atoms with Crippen LogP contribution in [0, 0.1) is 11.8 Å². The SMILES string of the molecule is C1CCC(CC2CCCNCC2)CC1. The van der Waals surface area contributed by atoms with Crippen LogP contribution in [0.1, 0.15) is 57.8 Å². The largest absolute Gasteiger partial charge is 0.317 e. The van der Waals surface area contributed by atoms with Crippen molar-refractivity contribution < 1.29 is 0 Å². The summed E-state index contributed by atoms with van der Waals surface area (Å²) in [7, 11) is 0. The molecule has 1 unspecified atom stereocenters. The molecule has 0 aromatic heterocycles. The highest BCUT2D eigenvalue weighted by atomic mass is 14.8. The van der Waals surface area contributed by atoms with E-state index in [1.54, 1.807) is 6.42 Å². The highest BCUT2D eigenvalue weighted by molar-refractivity contribution is 4.73. The van der Waals surface area contributed by atoms with Gasteiger partial charge in [-0.1, -0.05) is 32.1 Å². The Balaban J connectivity index is 1.71. The van der Waals surface area contributed by atoms with Crippen LogP contribution in [0.5, 0.6) is 0 Å². The summed E-state index contributed by atoms with van der Waals surface area (Å²) in [5.74, 6) is 2.14. The highest BCUT2D eigenvalue weighted by Gasteiger charge is 2.19. The average molecular weight is 195 g/mol. The molecule has 0 aromatic rings. The van der Waals surface area contributed by atoms with E-state index in [4.69, 9.17) is 0 Å². The second-order valence-corrected chi connectivity index (χ2v) is 5.29. The number of hydrogen-bond acceptors (Lipinski definition) is 1. The molecule has 1 aliphatic heterocycles. The lowest BCUT2D eigenvalue weighted by molar-refractivity contribution is 0.275. The van der Waals surface area contributed by atoms with Crippen molar-refractivity contribution in [3.63, 3.8) is 0 Å². The molecular formula is C13H25N. The lowest BCUT2D eigenvalue weighted by Crippen LogP contribution is -2.15. The molecular weight excluding hydrogens is 170 g/mol. The second kappa shape index (κ2) is 5.75. The van der Waals surface area contributed by atoms with Crippen molar-refractivity contribution in [1.29, 1.82) is 0 Å². The Bertz CT molecular complexity index is 141.